The van der Waals surface area contributed by atoms with Gasteiger partial charge < -0.3 is 4.90 Å². The molecular weight excluding hydrogens is 711 g/mol. The highest BCUT2D eigenvalue weighted by Gasteiger charge is 2.47. The first-order chi connectivity index (χ1) is 29.0. The summed E-state index contributed by atoms with van der Waals surface area (Å²) in [6.45, 7) is 4.79. The Morgan fingerprint density at radius 2 is 0.814 bits per heavy atom. The number of benzene rings is 7. The van der Waals surface area contributed by atoms with Crippen molar-refractivity contribution in [3.63, 3.8) is 0 Å². The fourth-order valence-corrected chi connectivity index (χ4v) is 11.9. The molecule has 2 fully saturated rings. The van der Waals surface area contributed by atoms with Crippen LogP contribution in [0, 0.1) is 0 Å². The summed E-state index contributed by atoms with van der Waals surface area (Å²) in [4.78, 5) is 2.54. The highest BCUT2D eigenvalue weighted by atomic mass is 15.1. The maximum Gasteiger partial charge on any atom is 0.0714 e. The summed E-state index contributed by atoms with van der Waals surface area (Å²) in [5.41, 5.74) is 19.7. The lowest BCUT2D eigenvalue weighted by Gasteiger charge is -2.35. The standard InChI is InChI=1S/C58H55N/c1-57(2)53-26-16-15-25-49(53)50-35-32-47(38-54(50)57)59(46-30-27-42(28-31-46)40-17-7-3-8-18-40)48-33-36-52-51-34-29-43(41-19-9-4-10-20-41)37-55(51)58(56(52)39-48,44-21-11-5-12-22-44)45-23-13-6-14-24-45/h5-6,11-16,21-41H,3-4,7-10,17-20H2,1-2H3. The molecule has 0 amide bonds. The van der Waals surface area contributed by atoms with Crippen molar-refractivity contribution in [2.24, 2.45) is 0 Å². The van der Waals surface area contributed by atoms with Crippen LogP contribution < -0.4 is 4.90 Å². The predicted molar refractivity (Wildman–Crippen MR) is 248 cm³/mol. The summed E-state index contributed by atoms with van der Waals surface area (Å²) in [7, 11) is 0. The van der Waals surface area contributed by atoms with E-state index in [1.165, 1.54) is 148 Å². The Morgan fingerprint density at radius 3 is 1.42 bits per heavy atom. The number of anilines is 3. The maximum atomic E-state index is 2.62. The molecule has 7 aromatic carbocycles. The predicted octanol–water partition coefficient (Wildman–Crippen LogP) is 15.9. The number of fused-ring (bicyclic) bond motifs is 6. The minimum Gasteiger partial charge on any atom is -0.310 e. The fourth-order valence-electron chi connectivity index (χ4n) is 11.9. The number of rotatable bonds is 7. The van der Waals surface area contributed by atoms with E-state index in [9.17, 15) is 0 Å². The molecular formula is C58H55N. The van der Waals surface area contributed by atoms with E-state index in [2.05, 4.69) is 183 Å². The van der Waals surface area contributed by atoms with Gasteiger partial charge in [0.2, 0.25) is 0 Å². The van der Waals surface area contributed by atoms with Crippen molar-refractivity contribution in [2.75, 3.05) is 4.90 Å². The molecule has 0 unspecified atom stereocenters. The molecule has 0 heterocycles. The monoisotopic (exact) mass is 765 g/mol. The summed E-state index contributed by atoms with van der Waals surface area (Å²) in [5.74, 6) is 1.29. The molecule has 4 aliphatic rings. The molecule has 59 heavy (non-hydrogen) atoms. The summed E-state index contributed by atoms with van der Waals surface area (Å²) in [6.07, 6.45) is 13.3. The Bertz CT molecular complexity index is 2600. The first-order valence-electron chi connectivity index (χ1n) is 22.6. The van der Waals surface area contributed by atoms with Gasteiger partial charge in [-0.2, -0.15) is 0 Å². The Hall–Kier alpha value is -5.66. The SMILES string of the molecule is CC1(C)c2ccccc2-c2ccc(N(c3ccc(C4CCCCC4)cc3)c3ccc4c(c3)C(c3ccccc3)(c3ccccc3)c3cc(C5CCCCC5)ccc3-4)cc21. The van der Waals surface area contributed by atoms with Crippen LogP contribution in [-0.2, 0) is 10.8 Å². The number of nitrogens with zero attached hydrogens (tertiary/aromatic N) is 1. The highest BCUT2D eigenvalue weighted by molar-refractivity contribution is 5.91. The van der Waals surface area contributed by atoms with Gasteiger partial charge in [-0.05, 0) is 141 Å². The Labute approximate surface area is 351 Å². The van der Waals surface area contributed by atoms with E-state index < -0.39 is 5.41 Å². The van der Waals surface area contributed by atoms with Crippen LogP contribution in [0.5, 0.6) is 0 Å². The molecule has 11 rings (SSSR count). The zero-order valence-corrected chi connectivity index (χ0v) is 34.8. The van der Waals surface area contributed by atoms with E-state index in [1.54, 1.807) is 0 Å². The second-order valence-electron chi connectivity index (χ2n) is 18.5. The van der Waals surface area contributed by atoms with Crippen LogP contribution in [-0.4, -0.2) is 0 Å². The Kier molecular flexibility index (Phi) is 8.99. The smallest absolute Gasteiger partial charge is 0.0714 e. The van der Waals surface area contributed by atoms with E-state index >= 15 is 0 Å². The zero-order chi connectivity index (χ0) is 39.6. The van der Waals surface area contributed by atoms with Crippen LogP contribution in [0.3, 0.4) is 0 Å². The normalized spacial score (nSPS) is 17.8. The van der Waals surface area contributed by atoms with Crippen molar-refractivity contribution in [1.29, 1.82) is 0 Å². The van der Waals surface area contributed by atoms with Gasteiger partial charge in [-0.1, -0.05) is 180 Å². The molecule has 0 bridgehead atoms. The van der Waals surface area contributed by atoms with Crippen molar-refractivity contribution < 1.29 is 0 Å². The van der Waals surface area contributed by atoms with Crippen LogP contribution in [0.1, 0.15) is 134 Å². The Balaban J connectivity index is 1.13. The summed E-state index contributed by atoms with van der Waals surface area (Å²) in [6, 6.07) is 63.6. The number of hydrogen-bond acceptors (Lipinski definition) is 1. The quantitative estimate of drug-likeness (QED) is 0.156. The van der Waals surface area contributed by atoms with Crippen LogP contribution in [0.25, 0.3) is 22.3 Å². The molecule has 0 aliphatic heterocycles. The van der Waals surface area contributed by atoms with Crippen LogP contribution in [0.4, 0.5) is 17.1 Å². The highest BCUT2D eigenvalue weighted by Crippen LogP contribution is 2.58. The van der Waals surface area contributed by atoms with Crippen LogP contribution in [0.15, 0.2) is 164 Å². The Morgan fingerprint density at radius 1 is 0.373 bits per heavy atom. The summed E-state index contributed by atoms with van der Waals surface area (Å²) in [5, 5.41) is 0. The maximum absolute atomic E-state index is 2.62. The molecule has 1 heteroatoms. The van der Waals surface area contributed by atoms with E-state index in [4.69, 9.17) is 0 Å². The molecule has 0 N–H and O–H groups in total. The van der Waals surface area contributed by atoms with Crippen molar-refractivity contribution in [1.82, 2.24) is 0 Å². The lowest BCUT2D eigenvalue weighted by molar-refractivity contribution is 0.443. The molecule has 0 spiro atoms. The van der Waals surface area contributed by atoms with Gasteiger partial charge in [-0.15, -0.1) is 0 Å². The molecule has 1 nitrogen and oxygen atoms in total. The fraction of sp³-hybridized carbons (Fsp3) is 0.276. The minimum atomic E-state index is -0.466. The average molecular weight is 766 g/mol. The summed E-state index contributed by atoms with van der Waals surface area (Å²) >= 11 is 0. The molecule has 0 atom stereocenters. The average Bonchev–Trinajstić information content (AvgIpc) is 3.72. The van der Waals surface area contributed by atoms with Crippen molar-refractivity contribution in [2.45, 2.75) is 101 Å². The first-order valence-corrected chi connectivity index (χ1v) is 22.6. The van der Waals surface area contributed by atoms with Crippen molar-refractivity contribution in [3.05, 3.63) is 208 Å². The molecule has 0 aromatic heterocycles. The lowest BCUT2D eigenvalue weighted by atomic mass is 9.67. The van der Waals surface area contributed by atoms with Gasteiger partial charge in [0.05, 0.1) is 5.41 Å². The summed E-state index contributed by atoms with van der Waals surface area (Å²) < 4.78 is 0. The topological polar surface area (TPSA) is 3.24 Å². The van der Waals surface area contributed by atoms with Gasteiger partial charge in [0.1, 0.15) is 0 Å². The largest absolute Gasteiger partial charge is 0.310 e. The third kappa shape index (κ3) is 5.87. The third-order valence-electron chi connectivity index (χ3n) is 14.9. The van der Waals surface area contributed by atoms with E-state index in [-0.39, 0.29) is 5.41 Å². The van der Waals surface area contributed by atoms with E-state index in [0.29, 0.717) is 11.8 Å². The minimum absolute atomic E-state index is 0.0934. The van der Waals surface area contributed by atoms with Gasteiger partial charge in [0.15, 0.2) is 0 Å². The second kappa shape index (κ2) is 14.6. The van der Waals surface area contributed by atoms with E-state index in [0.717, 1.165) is 0 Å². The van der Waals surface area contributed by atoms with Crippen LogP contribution in [0.2, 0.25) is 0 Å². The lowest BCUT2D eigenvalue weighted by Crippen LogP contribution is -2.29. The third-order valence-corrected chi connectivity index (χ3v) is 14.9. The first kappa shape index (κ1) is 36.4. The van der Waals surface area contributed by atoms with Gasteiger partial charge >= 0.3 is 0 Å². The molecule has 7 aromatic rings. The van der Waals surface area contributed by atoms with Gasteiger partial charge in [0.25, 0.3) is 0 Å². The molecule has 2 saturated carbocycles. The molecule has 0 saturated heterocycles. The number of hydrogen-bond donors (Lipinski definition) is 0. The van der Waals surface area contributed by atoms with Crippen molar-refractivity contribution >= 4 is 17.1 Å². The van der Waals surface area contributed by atoms with Gasteiger partial charge in [-0.3, -0.25) is 0 Å². The molecule has 0 radical (unpaired) electrons. The van der Waals surface area contributed by atoms with E-state index in [1.807, 2.05) is 0 Å². The van der Waals surface area contributed by atoms with Crippen LogP contribution >= 0.6 is 0 Å². The molecule has 4 aliphatic carbocycles. The second-order valence-corrected chi connectivity index (χ2v) is 18.5. The molecule has 292 valence electrons. The zero-order valence-electron chi connectivity index (χ0n) is 34.8. The van der Waals surface area contributed by atoms with Gasteiger partial charge in [-0.25, -0.2) is 0 Å². The van der Waals surface area contributed by atoms with Crippen molar-refractivity contribution in [3.8, 4) is 22.3 Å². The van der Waals surface area contributed by atoms with Gasteiger partial charge in [0, 0.05) is 22.5 Å².